The van der Waals surface area contributed by atoms with E-state index in [0.717, 1.165) is 12.1 Å². The average molecular weight is 377 g/mol. The van der Waals surface area contributed by atoms with Gasteiger partial charge in [0.05, 0.1) is 23.9 Å². The molecule has 0 aliphatic heterocycles. The molecule has 0 saturated heterocycles. The van der Waals surface area contributed by atoms with Crippen molar-refractivity contribution in [3.8, 4) is 5.75 Å². The molecule has 0 aliphatic rings. The number of rotatable bonds is 3. The van der Waals surface area contributed by atoms with Gasteiger partial charge in [0.2, 0.25) is 5.55 Å². The number of benzene rings is 2. The Balaban J connectivity index is 2.19. The molecule has 0 aliphatic carbocycles. The summed E-state index contributed by atoms with van der Waals surface area (Å²) in [4.78, 5) is 4.90. The summed E-state index contributed by atoms with van der Waals surface area (Å²) in [6, 6.07) is 11.9. The van der Waals surface area contributed by atoms with E-state index in [1.165, 1.54) is 6.07 Å². The van der Waals surface area contributed by atoms with Crippen molar-refractivity contribution >= 4 is 33.7 Å². The maximum Gasteiger partial charge on any atom is 0.416 e. The quantitative estimate of drug-likeness (QED) is 0.451. The Labute approximate surface area is 152 Å². The maximum absolute atomic E-state index is 12.9. The second-order valence-electron chi connectivity index (χ2n) is 5.58. The summed E-state index contributed by atoms with van der Waals surface area (Å²) in [5.41, 5.74) is 0.883. The van der Waals surface area contributed by atoms with E-state index in [2.05, 4.69) is 4.99 Å². The molecule has 0 N–H and O–H groups in total. The lowest BCUT2D eigenvalue weighted by Gasteiger charge is -2.08. The highest BCUT2D eigenvalue weighted by Crippen LogP contribution is 2.31. The SMILES string of the molecule is COc1ccc(N=c2oc3ccc(C(F)(F)F)cc3cc2C(C)=S)cc1. The third-order valence-corrected chi connectivity index (χ3v) is 3.98. The molecule has 2 aromatic carbocycles. The predicted octanol–water partition coefficient (Wildman–Crippen LogP) is 5.43. The van der Waals surface area contributed by atoms with Gasteiger partial charge < -0.3 is 9.15 Å². The van der Waals surface area contributed by atoms with Gasteiger partial charge in [0.1, 0.15) is 11.3 Å². The third-order valence-electron chi connectivity index (χ3n) is 3.76. The van der Waals surface area contributed by atoms with Crippen molar-refractivity contribution in [2.24, 2.45) is 4.99 Å². The first-order valence-electron chi connectivity index (χ1n) is 7.63. The van der Waals surface area contributed by atoms with E-state index >= 15 is 0 Å². The lowest BCUT2D eigenvalue weighted by Crippen LogP contribution is -2.13. The van der Waals surface area contributed by atoms with Crippen LogP contribution in [0, 0.1) is 0 Å². The first-order chi connectivity index (χ1) is 12.3. The molecule has 1 aromatic heterocycles. The molecular formula is C19H14F3NO2S. The lowest BCUT2D eigenvalue weighted by molar-refractivity contribution is -0.137. The number of halogens is 3. The van der Waals surface area contributed by atoms with E-state index in [4.69, 9.17) is 21.4 Å². The Morgan fingerprint density at radius 2 is 1.77 bits per heavy atom. The largest absolute Gasteiger partial charge is 0.497 e. The molecule has 0 amide bonds. The Morgan fingerprint density at radius 3 is 2.35 bits per heavy atom. The van der Waals surface area contributed by atoms with E-state index in [1.54, 1.807) is 44.4 Å². The van der Waals surface area contributed by atoms with Gasteiger partial charge in [-0.15, -0.1) is 0 Å². The standard InChI is InChI=1S/C19H14F3NO2S/c1-11(26)16-10-12-9-13(19(20,21)22)3-8-17(12)25-18(16)23-14-4-6-15(24-2)7-5-14/h3-10H,1-2H3. The molecule has 134 valence electrons. The number of nitrogens with zero attached hydrogens (tertiary/aromatic N) is 1. The van der Waals surface area contributed by atoms with Gasteiger partial charge in [-0.2, -0.15) is 13.2 Å². The molecule has 0 saturated carbocycles. The summed E-state index contributed by atoms with van der Waals surface area (Å²) >= 11 is 5.21. The van der Waals surface area contributed by atoms with Crippen LogP contribution in [-0.4, -0.2) is 12.0 Å². The van der Waals surface area contributed by atoms with Crippen molar-refractivity contribution in [2.45, 2.75) is 13.1 Å². The number of methoxy groups -OCH3 is 1. The summed E-state index contributed by atoms with van der Waals surface area (Å²) in [6.07, 6.45) is -4.42. The fraction of sp³-hybridized carbons (Fsp3) is 0.158. The Morgan fingerprint density at radius 1 is 1.08 bits per heavy atom. The van der Waals surface area contributed by atoms with Crippen molar-refractivity contribution in [3.05, 3.63) is 65.2 Å². The minimum absolute atomic E-state index is 0.245. The molecule has 0 radical (unpaired) electrons. The molecule has 7 heteroatoms. The van der Waals surface area contributed by atoms with Crippen molar-refractivity contribution in [1.82, 2.24) is 0 Å². The van der Waals surface area contributed by atoms with Gasteiger partial charge in [0.15, 0.2) is 0 Å². The van der Waals surface area contributed by atoms with Gasteiger partial charge in [-0.25, -0.2) is 4.99 Å². The Bertz CT molecular complexity index is 1040. The monoisotopic (exact) mass is 377 g/mol. The van der Waals surface area contributed by atoms with Crippen LogP contribution in [0.5, 0.6) is 5.75 Å². The van der Waals surface area contributed by atoms with Crippen LogP contribution in [0.3, 0.4) is 0 Å². The second kappa shape index (κ2) is 6.92. The summed E-state index contributed by atoms with van der Waals surface area (Å²) in [5.74, 6) is 0.685. The second-order valence-corrected chi connectivity index (χ2v) is 6.19. The van der Waals surface area contributed by atoms with Gasteiger partial charge in [-0.3, -0.25) is 0 Å². The van der Waals surface area contributed by atoms with Crippen LogP contribution in [0.1, 0.15) is 18.1 Å². The number of ether oxygens (including phenoxy) is 1. The van der Waals surface area contributed by atoms with Crippen LogP contribution >= 0.6 is 12.2 Å². The Kier molecular flexibility index (Phi) is 4.82. The molecule has 3 aromatic rings. The highest BCUT2D eigenvalue weighted by molar-refractivity contribution is 7.80. The predicted molar refractivity (Wildman–Crippen MR) is 96.8 cm³/mol. The first kappa shape index (κ1) is 18.1. The molecule has 0 unspecified atom stereocenters. The van der Waals surface area contributed by atoms with Crippen LogP contribution in [0.2, 0.25) is 0 Å². The number of alkyl halides is 3. The molecule has 0 spiro atoms. The van der Waals surface area contributed by atoms with Crippen LogP contribution in [0.4, 0.5) is 18.9 Å². The summed E-state index contributed by atoms with van der Waals surface area (Å²) < 4.78 is 49.6. The fourth-order valence-electron chi connectivity index (χ4n) is 2.42. The highest BCUT2D eigenvalue weighted by atomic mass is 32.1. The average Bonchev–Trinajstić information content (AvgIpc) is 2.60. The van der Waals surface area contributed by atoms with Crippen LogP contribution in [0.15, 0.2) is 57.9 Å². The van der Waals surface area contributed by atoms with Crippen molar-refractivity contribution in [3.63, 3.8) is 0 Å². The zero-order chi connectivity index (χ0) is 18.9. The maximum atomic E-state index is 12.9. The van der Waals surface area contributed by atoms with Gasteiger partial charge in [0, 0.05) is 10.3 Å². The van der Waals surface area contributed by atoms with Crippen LogP contribution in [0.25, 0.3) is 11.0 Å². The molecule has 3 rings (SSSR count). The molecule has 26 heavy (non-hydrogen) atoms. The van der Waals surface area contributed by atoms with E-state index in [0.29, 0.717) is 32.8 Å². The molecule has 0 bridgehead atoms. The summed E-state index contributed by atoms with van der Waals surface area (Å²) in [7, 11) is 1.56. The number of thiocarbonyl (C=S) groups is 1. The molecular weight excluding hydrogens is 363 g/mol. The van der Waals surface area contributed by atoms with Crippen molar-refractivity contribution < 1.29 is 22.3 Å². The van der Waals surface area contributed by atoms with Crippen LogP contribution < -0.4 is 10.3 Å². The summed E-state index contributed by atoms with van der Waals surface area (Å²) in [6.45, 7) is 1.67. The molecule has 1 heterocycles. The fourth-order valence-corrected chi connectivity index (χ4v) is 2.56. The zero-order valence-electron chi connectivity index (χ0n) is 13.9. The number of fused-ring (bicyclic) bond motifs is 1. The highest BCUT2D eigenvalue weighted by Gasteiger charge is 2.30. The van der Waals surface area contributed by atoms with Crippen molar-refractivity contribution in [2.75, 3.05) is 7.11 Å². The van der Waals surface area contributed by atoms with E-state index in [-0.39, 0.29) is 5.55 Å². The van der Waals surface area contributed by atoms with Gasteiger partial charge in [-0.1, -0.05) is 12.2 Å². The van der Waals surface area contributed by atoms with Gasteiger partial charge >= 0.3 is 6.18 Å². The minimum Gasteiger partial charge on any atom is -0.497 e. The summed E-state index contributed by atoms with van der Waals surface area (Å²) in [5, 5.41) is 0.313. The van der Waals surface area contributed by atoms with Crippen molar-refractivity contribution in [1.29, 1.82) is 0 Å². The number of hydrogen-bond acceptors (Lipinski definition) is 4. The molecule has 0 fully saturated rings. The van der Waals surface area contributed by atoms with Gasteiger partial charge in [-0.05, 0) is 55.5 Å². The molecule has 0 atom stereocenters. The normalized spacial score (nSPS) is 12.4. The van der Waals surface area contributed by atoms with E-state index in [9.17, 15) is 13.2 Å². The Hall–Kier alpha value is -2.67. The lowest BCUT2D eigenvalue weighted by atomic mass is 10.1. The first-order valence-corrected chi connectivity index (χ1v) is 8.03. The number of hydrogen-bond donors (Lipinski definition) is 0. The zero-order valence-corrected chi connectivity index (χ0v) is 14.7. The smallest absolute Gasteiger partial charge is 0.416 e. The topological polar surface area (TPSA) is 34.7 Å². The van der Waals surface area contributed by atoms with E-state index < -0.39 is 11.7 Å². The van der Waals surface area contributed by atoms with E-state index in [1.807, 2.05) is 0 Å². The van der Waals surface area contributed by atoms with Gasteiger partial charge in [0.25, 0.3) is 0 Å². The molecule has 3 nitrogen and oxygen atoms in total. The minimum atomic E-state index is -4.42. The third kappa shape index (κ3) is 3.77. The van der Waals surface area contributed by atoms with Crippen LogP contribution in [-0.2, 0) is 6.18 Å².